The monoisotopic (exact) mass is 266 g/mol. The third-order valence-corrected chi connectivity index (χ3v) is 3.86. The van der Waals surface area contributed by atoms with Crippen molar-refractivity contribution in [2.24, 2.45) is 5.92 Å². The Balaban J connectivity index is 2.81. The lowest BCUT2D eigenvalue weighted by atomic mass is 10.0. The zero-order chi connectivity index (χ0) is 14.4. The Kier molecular flexibility index (Phi) is 6.46. The van der Waals surface area contributed by atoms with Gasteiger partial charge in [0, 0.05) is 24.2 Å². The van der Waals surface area contributed by atoms with Gasteiger partial charge < -0.3 is 10.2 Å². The predicted molar refractivity (Wildman–Crippen MR) is 79.7 cm³/mol. The molecule has 1 aromatic carbocycles. The van der Waals surface area contributed by atoms with Gasteiger partial charge in [-0.3, -0.25) is 0 Å². The molecule has 0 saturated carbocycles. The summed E-state index contributed by atoms with van der Waals surface area (Å²) >= 11 is 0. The molecule has 0 fully saturated rings. The molecular formula is C16H27FN2. The van der Waals surface area contributed by atoms with Crippen molar-refractivity contribution in [1.82, 2.24) is 10.2 Å². The highest BCUT2D eigenvalue weighted by Crippen LogP contribution is 2.19. The van der Waals surface area contributed by atoms with Gasteiger partial charge in [-0.05, 0) is 32.5 Å². The fourth-order valence-electron chi connectivity index (χ4n) is 2.24. The Hall–Kier alpha value is -0.930. The van der Waals surface area contributed by atoms with E-state index in [1.54, 1.807) is 6.07 Å². The summed E-state index contributed by atoms with van der Waals surface area (Å²) in [5.41, 5.74) is 0.757. The van der Waals surface area contributed by atoms with Gasteiger partial charge in [0.15, 0.2) is 0 Å². The maximum atomic E-state index is 13.9. The molecule has 108 valence electrons. The molecule has 0 aliphatic heterocycles. The second-order valence-corrected chi connectivity index (χ2v) is 5.56. The fourth-order valence-corrected chi connectivity index (χ4v) is 2.24. The third kappa shape index (κ3) is 4.59. The van der Waals surface area contributed by atoms with Crippen molar-refractivity contribution >= 4 is 0 Å². The topological polar surface area (TPSA) is 15.3 Å². The number of rotatable bonds is 7. The lowest BCUT2D eigenvalue weighted by Crippen LogP contribution is -2.40. The number of halogens is 1. The van der Waals surface area contributed by atoms with Gasteiger partial charge in [-0.2, -0.15) is 0 Å². The standard InChI is InChI=1S/C16H27FN2/c1-6-18-16(11-19(5)13(4)12(2)3)14-9-7-8-10-15(14)17/h7-10,12-13,16,18H,6,11H2,1-5H3. The van der Waals surface area contributed by atoms with Crippen molar-refractivity contribution in [2.75, 3.05) is 20.1 Å². The highest BCUT2D eigenvalue weighted by molar-refractivity contribution is 5.21. The number of nitrogens with one attached hydrogen (secondary N) is 1. The van der Waals surface area contributed by atoms with Crippen LogP contribution in [0.1, 0.15) is 39.3 Å². The van der Waals surface area contributed by atoms with Crippen molar-refractivity contribution in [1.29, 1.82) is 0 Å². The summed E-state index contributed by atoms with van der Waals surface area (Å²) in [6, 6.07) is 7.56. The van der Waals surface area contributed by atoms with E-state index in [1.165, 1.54) is 6.07 Å². The minimum absolute atomic E-state index is 0.0393. The summed E-state index contributed by atoms with van der Waals surface area (Å²) in [6.45, 7) is 10.4. The Bertz CT molecular complexity index is 379. The van der Waals surface area contributed by atoms with Crippen molar-refractivity contribution in [3.05, 3.63) is 35.6 Å². The van der Waals surface area contributed by atoms with E-state index in [0.29, 0.717) is 12.0 Å². The highest BCUT2D eigenvalue weighted by Gasteiger charge is 2.20. The molecule has 0 radical (unpaired) electrons. The van der Waals surface area contributed by atoms with Crippen LogP contribution in [0.3, 0.4) is 0 Å². The van der Waals surface area contributed by atoms with Crippen LogP contribution in [0.15, 0.2) is 24.3 Å². The molecule has 0 heterocycles. The average molecular weight is 266 g/mol. The summed E-state index contributed by atoms with van der Waals surface area (Å²) < 4.78 is 13.9. The Morgan fingerprint density at radius 3 is 2.37 bits per heavy atom. The molecule has 3 heteroatoms. The summed E-state index contributed by atoms with van der Waals surface area (Å²) in [4.78, 5) is 2.30. The first-order chi connectivity index (χ1) is 8.97. The van der Waals surface area contributed by atoms with E-state index in [9.17, 15) is 4.39 Å². The lowest BCUT2D eigenvalue weighted by Gasteiger charge is -2.32. The number of nitrogens with zero attached hydrogens (tertiary/aromatic N) is 1. The van der Waals surface area contributed by atoms with Gasteiger partial charge in [-0.1, -0.05) is 39.0 Å². The van der Waals surface area contributed by atoms with Gasteiger partial charge in [-0.25, -0.2) is 4.39 Å². The lowest BCUT2D eigenvalue weighted by molar-refractivity contribution is 0.187. The summed E-state index contributed by atoms with van der Waals surface area (Å²) in [5.74, 6) is 0.465. The second kappa shape index (κ2) is 7.61. The van der Waals surface area contributed by atoms with E-state index in [0.717, 1.165) is 18.7 Å². The molecule has 1 aromatic rings. The first kappa shape index (κ1) is 16.1. The Labute approximate surface area is 117 Å². The second-order valence-electron chi connectivity index (χ2n) is 5.56. The maximum absolute atomic E-state index is 13.9. The quantitative estimate of drug-likeness (QED) is 0.813. The number of hydrogen-bond acceptors (Lipinski definition) is 2. The molecule has 0 amide bonds. The molecule has 1 rings (SSSR count). The Morgan fingerprint density at radius 1 is 1.21 bits per heavy atom. The predicted octanol–water partition coefficient (Wildman–Crippen LogP) is 3.45. The van der Waals surface area contributed by atoms with Crippen molar-refractivity contribution < 1.29 is 4.39 Å². The number of likely N-dealkylation sites (N-methyl/N-ethyl adjacent to an activating group) is 2. The molecule has 1 N–H and O–H groups in total. The average Bonchev–Trinajstić information content (AvgIpc) is 2.37. The molecule has 2 atom stereocenters. The highest BCUT2D eigenvalue weighted by atomic mass is 19.1. The van der Waals surface area contributed by atoms with Crippen LogP contribution in [0.5, 0.6) is 0 Å². The molecule has 0 aromatic heterocycles. The minimum Gasteiger partial charge on any atom is -0.309 e. The molecule has 19 heavy (non-hydrogen) atoms. The van der Waals surface area contributed by atoms with Crippen LogP contribution in [0.25, 0.3) is 0 Å². The zero-order valence-corrected chi connectivity index (χ0v) is 12.8. The molecule has 0 bridgehead atoms. The van der Waals surface area contributed by atoms with Gasteiger partial charge in [0.25, 0.3) is 0 Å². The molecule has 0 aliphatic carbocycles. The van der Waals surface area contributed by atoms with E-state index in [4.69, 9.17) is 0 Å². The van der Waals surface area contributed by atoms with Crippen molar-refractivity contribution in [3.63, 3.8) is 0 Å². The van der Waals surface area contributed by atoms with Gasteiger partial charge in [0.05, 0.1) is 0 Å². The maximum Gasteiger partial charge on any atom is 0.128 e. The normalized spacial score (nSPS) is 14.9. The minimum atomic E-state index is -0.126. The molecule has 2 nitrogen and oxygen atoms in total. The third-order valence-electron chi connectivity index (χ3n) is 3.86. The first-order valence-electron chi connectivity index (χ1n) is 7.15. The fraction of sp³-hybridized carbons (Fsp3) is 0.625. The molecule has 2 unspecified atom stereocenters. The van der Waals surface area contributed by atoms with Crippen LogP contribution in [-0.4, -0.2) is 31.1 Å². The smallest absolute Gasteiger partial charge is 0.128 e. The molecule has 0 spiro atoms. The SMILES string of the molecule is CCNC(CN(C)C(C)C(C)C)c1ccccc1F. The van der Waals surface area contributed by atoms with E-state index in [2.05, 4.69) is 45.0 Å². The van der Waals surface area contributed by atoms with E-state index >= 15 is 0 Å². The molecule has 0 aliphatic rings. The summed E-state index contributed by atoms with van der Waals surface area (Å²) in [5, 5.41) is 3.38. The molecule has 0 saturated heterocycles. The van der Waals surface area contributed by atoms with Crippen molar-refractivity contribution in [3.8, 4) is 0 Å². The van der Waals surface area contributed by atoms with Crippen LogP contribution >= 0.6 is 0 Å². The summed E-state index contributed by atoms with van der Waals surface area (Å²) in [7, 11) is 2.11. The van der Waals surface area contributed by atoms with Crippen LogP contribution in [0.2, 0.25) is 0 Å². The molecular weight excluding hydrogens is 239 g/mol. The van der Waals surface area contributed by atoms with E-state index in [-0.39, 0.29) is 11.9 Å². The van der Waals surface area contributed by atoms with E-state index in [1.807, 2.05) is 12.1 Å². The number of benzene rings is 1. The van der Waals surface area contributed by atoms with Crippen molar-refractivity contribution in [2.45, 2.75) is 39.8 Å². The van der Waals surface area contributed by atoms with Gasteiger partial charge >= 0.3 is 0 Å². The van der Waals surface area contributed by atoms with Gasteiger partial charge in [0.2, 0.25) is 0 Å². The van der Waals surface area contributed by atoms with Crippen LogP contribution in [0, 0.1) is 11.7 Å². The summed E-state index contributed by atoms with van der Waals surface area (Å²) in [6.07, 6.45) is 0. The van der Waals surface area contributed by atoms with Crippen LogP contribution in [-0.2, 0) is 0 Å². The first-order valence-corrected chi connectivity index (χ1v) is 7.15. The van der Waals surface area contributed by atoms with Gasteiger partial charge in [0.1, 0.15) is 5.82 Å². The van der Waals surface area contributed by atoms with Crippen LogP contribution in [0.4, 0.5) is 4.39 Å². The Morgan fingerprint density at radius 2 is 1.84 bits per heavy atom. The largest absolute Gasteiger partial charge is 0.309 e. The number of hydrogen-bond donors (Lipinski definition) is 1. The zero-order valence-electron chi connectivity index (χ0n) is 12.8. The van der Waals surface area contributed by atoms with Gasteiger partial charge in [-0.15, -0.1) is 0 Å². The van der Waals surface area contributed by atoms with E-state index < -0.39 is 0 Å². The van der Waals surface area contributed by atoms with Crippen LogP contribution < -0.4 is 5.32 Å².